The number of hydrogen-bond acceptors (Lipinski definition) is 3. The Balaban J connectivity index is 0.000000161. The summed E-state index contributed by atoms with van der Waals surface area (Å²) in [6.07, 6.45) is 0. The van der Waals surface area contributed by atoms with Crippen LogP contribution in [0.25, 0.3) is 10.1 Å². The number of aromatic carboxylic acids is 1. The summed E-state index contributed by atoms with van der Waals surface area (Å²) < 4.78 is 1.02. The average molecular weight is 299 g/mol. The molecule has 0 aliphatic heterocycles. The van der Waals surface area contributed by atoms with Gasteiger partial charge in [-0.25, -0.2) is 4.79 Å². The van der Waals surface area contributed by atoms with Gasteiger partial charge in [0.1, 0.15) is 4.88 Å². The number of carbonyl (C=O) groups is 2. The Morgan fingerprint density at radius 1 is 0.952 bits per heavy atom. The SMILES string of the molecule is NC(=O)c1ccccc1.O=C(O)c1cc2ccccc2s1. The molecule has 1 amide bonds. The fourth-order valence-corrected chi connectivity index (χ4v) is 2.59. The second kappa shape index (κ2) is 6.67. The number of carboxylic acids is 1. The molecule has 0 atom stereocenters. The topological polar surface area (TPSA) is 80.4 Å². The quantitative estimate of drug-likeness (QED) is 0.761. The average Bonchev–Trinajstić information content (AvgIpc) is 2.93. The van der Waals surface area contributed by atoms with Gasteiger partial charge in [-0.1, -0.05) is 36.4 Å². The maximum absolute atomic E-state index is 10.6. The Kier molecular flexibility index (Phi) is 4.68. The normalized spacial score (nSPS) is 9.71. The van der Waals surface area contributed by atoms with Crippen LogP contribution in [0.4, 0.5) is 0 Å². The van der Waals surface area contributed by atoms with E-state index < -0.39 is 5.97 Å². The maximum atomic E-state index is 10.6. The number of thiophene rings is 1. The van der Waals surface area contributed by atoms with Gasteiger partial charge in [0.2, 0.25) is 5.91 Å². The highest BCUT2D eigenvalue weighted by molar-refractivity contribution is 7.20. The number of amides is 1. The van der Waals surface area contributed by atoms with E-state index in [0.29, 0.717) is 10.4 Å². The molecule has 0 saturated heterocycles. The molecule has 1 heterocycles. The van der Waals surface area contributed by atoms with Gasteiger partial charge in [0.25, 0.3) is 0 Å². The number of rotatable bonds is 2. The van der Waals surface area contributed by atoms with Gasteiger partial charge >= 0.3 is 5.97 Å². The number of carbonyl (C=O) groups excluding carboxylic acids is 1. The lowest BCUT2D eigenvalue weighted by atomic mass is 10.2. The van der Waals surface area contributed by atoms with E-state index in [1.165, 1.54) is 11.3 Å². The Hall–Kier alpha value is -2.66. The molecule has 1 aromatic heterocycles. The van der Waals surface area contributed by atoms with E-state index in [0.717, 1.165) is 10.1 Å². The number of benzene rings is 2. The van der Waals surface area contributed by atoms with Crippen molar-refractivity contribution in [2.24, 2.45) is 5.73 Å². The van der Waals surface area contributed by atoms with Gasteiger partial charge in [-0.2, -0.15) is 0 Å². The third kappa shape index (κ3) is 3.90. The highest BCUT2D eigenvalue weighted by Gasteiger charge is 2.06. The first-order valence-corrected chi connectivity index (χ1v) is 6.96. The number of primary amides is 1. The van der Waals surface area contributed by atoms with Crippen LogP contribution in [0.3, 0.4) is 0 Å². The maximum Gasteiger partial charge on any atom is 0.345 e. The zero-order valence-corrected chi connectivity index (χ0v) is 11.8. The van der Waals surface area contributed by atoms with Crippen molar-refractivity contribution in [2.75, 3.05) is 0 Å². The molecule has 4 nitrogen and oxygen atoms in total. The van der Waals surface area contributed by atoms with Crippen LogP contribution in [0.5, 0.6) is 0 Å². The van der Waals surface area contributed by atoms with Crippen molar-refractivity contribution in [3.63, 3.8) is 0 Å². The van der Waals surface area contributed by atoms with Gasteiger partial charge in [0, 0.05) is 10.3 Å². The fourth-order valence-electron chi connectivity index (χ4n) is 1.69. The van der Waals surface area contributed by atoms with Crippen LogP contribution in [0.2, 0.25) is 0 Å². The number of hydrogen-bond donors (Lipinski definition) is 2. The zero-order valence-electron chi connectivity index (χ0n) is 11.0. The van der Waals surface area contributed by atoms with Gasteiger partial charge in [0.15, 0.2) is 0 Å². The lowest BCUT2D eigenvalue weighted by Gasteiger charge is -1.89. The second-order valence-corrected chi connectivity index (χ2v) is 5.27. The molecule has 0 fully saturated rings. The van der Waals surface area contributed by atoms with Crippen LogP contribution in [0.15, 0.2) is 60.7 Å². The van der Waals surface area contributed by atoms with Crippen molar-refractivity contribution in [1.82, 2.24) is 0 Å². The Morgan fingerprint density at radius 2 is 1.57 bits per heavy atom. The second-order valence-electron chi connectivity index (χ2n) is 4.18. The van der Waals surface area contributed by atoms with Crippen LogP contribution in [0, 0.1) is 0 Å². The molecule has 0 aliphatic rings. The number of nitrogens with two attached hydrogens (primary N) is 1. The Bertz CT molecular complexity index is 732. The molecule has 0 unspecified atom stereocenters. The first-order valence-electron chi connectivity index (χ1n) is 6.14. The molecule has 0 bridgehead atoms. The van der Waals surface area contributed by atoms with Crippen LogP contribution in [-0.4, -0.2) is 17.0 Å². The molecule has 3 N–H and O–H groups in total. The van der Waals surface area contributed by atoms with Gasteiger partial charge in [0.05, 0.1) is 0 Å². The molecule has 3 aromatic rings. The minimum absolute atomic E-state index is 0.379. The van der Waals surface area contributed by atoms with Gasteiger partial charge < -0.3 is 10.8 Å². The summed E-state index contributed by atoms with van der Waals surface area (Å²) in [5.41, 5.74) is 5.53. The largest absolute Gasteiger partial charge is 0.477 e. The molecule has 5 heteroatoms. The number of carboxylic acid groups (broad SMARTS) is 1. The lowest BCUT2D eigenvalue weighted by Crippen LogP contribution is -2.09. The zero-order chi connectivity index (χ0) is 15.2. The molecule has 21 heavy (non-hydrogen) atoms. The first kappa shape index (κ1) is 14.7. The smallest absolute Gasteiger partial charge is 0.345 e. The van der Waals surface area contributed by atoms with Gasteiger partial charge in [-0.05, 0) is 29.7 Å². The standard InChI is InChI=1S/C9H6O2S.C7H7NO/c10-9(11)8-5-6-3-1-2-4-7(6)12-8;8-7(9)6-4-2-1-3-5-6/h1-5H,(H,10,11);1-5H,(H2,8,9). The molecule has 3 rings (SSSR count). The summed E-state index contributed by atoms with van der Waals surface area (Å²) in [6.45, 7) is 0. The Morgan fingerprint density at radius 3 is 2.10 bits per heavy atom. The van der Waals surface area contributed by atoms with E-state index in [-0.39, 0.29) is 5.91 Å². The predicted molar refractivity (Wildman–Crippen MR) is 83.7 cm³/mol. The molecule has 0 radical (unpaired) electrons. The van der Waals surface area contributed by atoms with Crippen LogP contribution < -0.4 is 5.73 Å². The van der Waals surface area contributed by atoms with E-state index >= 15 is 0 Å². The van der Waals surface area contributed by atoms with Crippen molar-refractivity contribution >= 4 is 33.3 Å². The summed E-state index contributed by atoms with van der Waals surface area (Å²) in [5, 5.41) is 9.70. The number of fused-ring (bicyclic) bond motifs is 1. The minimum atomic E-state index is -0.851. The molecular weight excluding hydrogens is 286 g/mol. The monoisotopic (exact) mass is 299 g/mol. The van der Waals surface area contributed by atoms with Crippen molar-refractivity contribution in [3.05, 3.63) is 71.1 Å². The minimum Gasteiger partial charge on any atom is -0.477 e. The van der Waals surface area contributed by atoms with E-state index in [1.54, 1.807) is 30.3 Å². The van der Waals surface area contributed by atoms with E-state index in [9.17, 15) is 9.59 Å². The van der Waals surface area contributed by atoms with E-state index in [2.05, 4.69) is 0 Å². The van der Waals surface area contributed by atoms with Crippen LogP contribution in [-0.2, 0) is 0 Å². The summed E-state index contributed by atoms with van der Waals surface area (Å²) >= 11 is 1.31. The lowest BCUT2D eigenvalue weighted by molar-refractivity contribution is 0.0702. The third-order valence-electron chi connectivity index (χ3n) is 2.69. The summed E-state index contributed by atoms with van der Waals surface area (Å²) in [6, 6.07) is 18.1. The van der Waals surface area contributed by atoms with Crippen molar-refractivity contribution < 1.29 is 14.7 Å². The van der Waals surface area contributed by atoms with E-state index in [4.69, 9.17) is 10.8 Å². The highest BCUT2D eigenvalue weighted by Crippen LogP contribution is 2.24. The fraction of sp³-hybridized carbons (Fsp3) is 0. The van der Waals surface area contributed by atoms with Crippen molar-refractivity contribution in [1.29, 1.82) is 0 Å². The summed E-state index contributed by atoms with van der Waals surface area (Å²) in [7, 11) is 0. The molecule has 2 aromatic carbocycles. The first-order chi connectivity index (χ1) is 10.1. The van der Waals surface area contributed by atoms with E-state index in [1.807, 2.05) is 30.3 Å². The van der Waals surface area contributed by atoms with Gasteiger partial charge in [-0.15, -0.1) is 11.3 Å². The molecule has 0 saturated carbocycles. The van der Waals surface area contributed by atoms with Crippen LogP contribution >= 0.6 is 11.3 Å². The molecule has 0 spiro atoms. The van der Waals surface area contributed by atoms with Crippen molar-refractivity contribution in [2.45, 2.75) is 0 Å². The predicted octanol–water partition coefficient (Wildman–Crippen LogP) is 3.39. The Labute approximate surface area is 125 Å². The van der Waals surface area contributed by atoms with Crippen LogP contribution in [0.1, 0.15) is 20.0 Å². The van der Waals surface area contributed by atoms with Gasteiger partial charge in [-0.3, -0.25) is 4.79 Å². The molecular formula is C16H13NO3S. The summed E-state index contributed by atoms with van der Waals surface area (Å²) in [5.74, 6) is -1.23. The molecule has 0 aliphatic carbocycles. The van der Waals surface area contributed by atoms with Crippen molar-refractivity contribution in [3.8, 4) is 0 Å². The summed E-state index contributed by atoms with van der Waals surface area (Å²) in [4.78, 5) is 21.4. The molecule has 106 valence electrons. The highest BCUT2D eigenvalue weighted by atomic mass is 32.1. The third-order valence-corrected chi connectivity index (χ3v) is 3.80.